The number of phenolic OH excluding ortho intramolecular Hbond substituents is 1. The van der Waals surface area contributed by atoms with Crippen molar-refractivity contribution in [2.45, 2.75) is 6.61 Å². The standard InChI is InChI=1S/C14H11F2NO3/c15-14(16)20-12-4-2-1-3-11(12)13(19)17-9-5-7-10(18)8-6-9/h1-8,14,18H,(H,17,19). The van der Waals surface area contributed by atoms with Crippen LogP contribution in [-0.4, -0.2) is 17.6 Å². The van der Waals surface area contributed by atoms with E-state index in [-0.39, 0.29) is 17.1 Å². The van der Waals surface area contributed by atoms with E-state index >= 15 is 0 Å². The minimum atomic E-state index is -3.00. The zero-order valence-corrected chi connectivity index (χ0v) is 10.2. The number of phenols is 1. The zero-order valence-electron chi connectivity index (χ0n) is 10.2. The van der Waals surface area contributed by atoms with Crippen LogP contribution in [-0.2, 0) is 0 Å². The molecule has 0 aliphatic heterocycles. The highest BCUT2D eigenvalue weighted by atomic mass is 19.3. The summed E-state index contributed by atoms with van der Waals surface area (Å²) in [7, 11) is 0. The largest absolute Gasteiger partial charge is 0.508 e. The Labute approximate surface area is 113 Å². The summed E-state index contributed by atoms with van der Waals surface area (Å²) in [4.78, 5) is 12.0. The quantitative estimate of drug-likeness (QED) is 0.845. The summed E-state index contributed by atoms with van der Waals surface area (Å²) in [6.07, 6.45) is 0. The third kappa shape index (κ3) is 3.44. The number of rotatable bonds is 4. The number of carbonyl (C=O) groups is 1. The molecule has 0 aromatic heterocycles. The number of hydrogen-bond acceptors (Lipinski definition) is 3. The molecule has 0 radical (unpaired) electrons. The van der Waals surface area contributed by atoms with Crippen LogP contribution < -0.4 is 10.1 Å². The van der Waals surface area contributed by atoms with Gasteiger partial charge in [-0.1, -0.05) is 12.1 Å². The van der Waals surface area contributed by atoms with Crippen molar-refractivity contribution in [3.63, 3.8) is 0 Å². The molecule has 6 heteroatoms. The Morgan fingerprint density at radius 2 is 1.75 bits per heavy atom. The van der Waals surface area contributed by atoms with Gasteiger partial charge in [0.25, 0.3) is 5.91 Å². The fraction of sp³-hybridized carbons (Fsp3) is 0.0714. The Bertz CT molecular complexity index is 600. The number of amides is 1. The molecule has 2 aromatic rings. The van der Waals surface area contributed by atoms with Crippen LogP contribution in [0.25, 0.3) is 0 Å². The SMILES string of the molecule is O=C(Nc1ccc(O)cc1)c1ccccc1OC(F)F. The molecule has 0 bridgehead atoms. The van der Waals surface area contributed by atoms with E-state index < -0.39 is 12.5 Å². The lowest BCUT2D eigenvalue weighted by atomic mass is 10.2. The van der Waals surface area contributed by atoms with Crippen LogP contribution in [0.3, 0.4) is 0 Å². The van der Waals surface area contributed by atoms with Crippen LogP contribution in [0.5, 0.6) is 11.5 Å². The second-order valence-corrected chi connectivity index (χ2v) is 3.88. The van der Waals surface area contributed by atoms with E-state index in [1.54, 1.807) is 6.07 Å². The van der Waals surface area contributed by atoms with Crippen LogP contribution in [0.15, 0.2) is 48.5 Å². The van der Waals surface area contributed by atoms with Gasteiger partial charge in [0.2, 0.25) is 0 Å². The normalized spacial score (nSPS) is 10.3. The van der Waals surface area contributed by atoms with Gasteiger partial charge in [0.1, 0.15) is 11.5 Å². The average Bonchev–Trinajstić information content (AvgIpc) is 2.41. The first-order chi connectivity index (χ1) is 9.56. The molecule has 0 saturated heterocycles. The maximum absolute atomic E-state index is 12.3. The molecule has 4 nitrogen and oxygen atoms in total. The number of carbonyl (C=O) groups excluding carboxylic acids is 1. The van der Waals surface area contributed by atoms with Gasteiger partial charge in [0.15, 0.2) is 0 Å². The third-order valence-electron chi connectivity index (χ3n) is 2.47. The molecule has 1 amide bonds. The van der Waals surface area contributed by atoms with E-state index in [2.05, 4.69) is 10.1 Å². The van der Waals surface area contributed by atoms with Gasteiger partial charge in [0.05, 0.1) is 5.56 Å². The first-order valence-electron chi connectivity index (χ1n) is 5.70. The molecule has 2 aromatic carbocycles. The van der Waals surface area contributed by atoms with Gasteiger partial charge in [-0.3, -0.25) is 4.79 Å². The van der Waals surface area contributed by atoms with Crippen LogP contribution in [0.2, 0.25) is 0 Å². The Kier molecular flexibility index (Phi) is 4.14. The van der Waals surface area contributed by atoms with Crippen molar-refractivity contribution >= 4 is 11.6 Å². The number of anilines is 1. The molecular formula is C14H11F2NO3. The molecule has 0 saturated carbocycles. The summed E-state index contributed by atoms with van der Waals surface area (Å²) in [6, 6.07) is 11.5. The monoisotopic (exact) mass is 279 g/mol. The van der Waals surface area contributed by atoms with Crippen molar-refractivity contribution in [2.24, 2.45) is 0 Å². The highest BCUT2D eigenvalue weighted by Gasteiger charge is 2.15. The van der Waals surface area contributed by atoms with Gasteiger partial charge in [-0.2, -0.15) is 8.78 Å². The van der Waals surface area contributed by atoms with Crippen molar-refractivity contribution in [1.82, 2.24) is 0 Å². The summed E-state index contributed by atoms with van der Waals surface area (Å²) >= 11 is 0. The second kappa shape index (κ2) is 6.01. The summed E-state index contributed by atoms with van der Waals surface area (Å²) in [5, 5.41) is 11.7. The number of halogens is 2. The predicted molar refractivity (Wildman–Crippen MR) is 69.1 cm³/mol. The highest BCUT2D eigenvalue weighted by molar-refractivity contribution is 6.06. The lowest BCUT2D eigenvalue weighted by Crippen LogP contribution is -2.14. The first kappa shape index (κ1) is 13.8. The molecular weight excluding hydrogens is 268 g/mol. The molecule has 0 aliphatic carbocycles. The molecule has 0 fully saturated rings. The minimum Gasteiger partial charge on any atom is -0.508 e. The molecule has 2 N–H and O–H groups in total. The van der Waals surface area contributed by atoms with Gasteiger partial charge in [-0.25, -0.2) is 0 Å². The van der Waals surface area contributed by atoms with Crippen molar-refractivity contribution in [2.75, 3.05) is 5.32 Å². The molecule has 0 spiro atoms. The van der Waals surface area contributed by atoms with Crippen LogP contribution >= 0.6 is 0 Å². The van der Waals surface area contributed by atoms with E-state index in [0.717, 1.165) is 0 Å². The number of ether oxygens (including phenoxy) is 1. The van der Waals surface area contributed by atoms with Gasteiger partial charge in [0, 0.05) is 5.69 Å². The van der Waals surface area contributed by atoms with Crippen LogP contribution in [0, 0.1) is 0 Å². The first-order valence-corrected chi connectivity index (χ1v) is 5.70. The van der Waals surface area contributed by atoms with Gasteiger partial charge >= 0.3 is 6.61 Å². The topological polar surface area (TPSA) is 58.6 Å². The zero-order chi connectivity index (χ0) is 14.5. The second-order valence-electron chi connectivity index (χ2n) is 3.88. The fourth-order valence-electron chi connectivity index (χ4n) is 1.60. The molecule has 0 atom stereocenters. The van der Waals surface area contributed by atoms with Crippen molar-refractivity contribution < 1.29 is 23.4 Å². The molecule has 20 heavy (non-hydrogen) atoms. The molecule has 0 unspecified atom stereocenters. The van der Waals surface area contributed by atoms with Gasteiger partial charge in [-0.15, -0.1) is 0 Å². The molecule has 2 rings (SSSR count). The van der Waals surface area contributed by atoms with Gasteiger partial charge in [-0.05, 0) is 36.4 Å². The molecule has 0 aliphatic rings. The lowest BCUT2D eigenvalue weighted by Gasteiger charge is -2.10. The Balaban J connectivity index is 2.18. The number of nitrogens with one attached hydrogen (secondary N) is 1. The van der Waals surface area contributed by atoms with Crippen LogP contribution in [0.4, 0.5) is 14.5 Å². The summed E-state index contributed by atoms with van der Waals surface area (Å²) in [5.74, 6) is -0.713. The number of aromatic hydroxyl groups is 1. The van der Waals surface area contributed by atoms with E-state index in [4.69, 9.17) is 5.11 Å². The molecule has 0 heterocycles. The number of hydrogen-bond donors (Lipinski definition) is 2. The van der Waals surface area contributed by atoms with Gasteiger partial charge < -0.3 is 15.2 Å². The van der Waals surface area contributed by atoms with Crippen molar-refractivity contribution in [3.8, 4) is 11.5 Å². The smallest absolute Gasteiger partial charge is 0.387 e. The van der Waals surface area contributed by atoms with Crippen molar-refractivity contribution in [1.29, 1.82) is 0 Å². The molecule has 104 valence electrons. The van der Waals surface area contributed by atoms with Crippen LogP contribution in [0.1, 0.15) is 10.4 Å². The average molecular weight is 279 g/mol. The number of alkyl halides is 2. The Morgan fingerprint density at radius 1 is 1.10 bits per heavy atom. The Hall–Kier alpha value is -2.63. The fourth-order valence-corrected chi connectivity index (χ4v) is 1.60. The number of benzene rings is 2. The third-order valence-corrected chi connectivity index (χ3v) is 2.47. The summed E-state index contributed by atoms with van der Waals surface area (Å²) < 4.78 is 28.8. The van der Waals surface area contributed by atoms with E-state index in [1.807, 2.05) is 0 Å². The number of para-hydroxylation sites is 1. The lowest BCUT2D eigenvalue weighted by molar-refractivity contribution is -0.0501. The maximum Gasteiger partial charge on any atom is 0.387 e. The highest BCUT2D eigenvalue weighted by Crippen LogP contribution is 2.22. The Morgan fingerprint density at radius 3 is 2.40 bits per heavy atom. The summed E-state index contributed by atoms with van der Waals surface area (Å²) in [5.41, 5.74) is 0.431. The predicted octanol–water partition coefficient (Wildman–Crippen LogP) is 3.25. The van der Waals surface area contributed by atoms with Crippen molar-refractivity contribution in [3.05, 3.63) is 54.1 Å². The van der Waals surface area contributed by atoms with E-state index in [1.165, 1.54) is 42.5 Å². The van der Waals surface area contributed by atoms with E-state index in [9.17, 15) is 13.6 Å². The maximum atomic E-state index is 12.3. The minimum absolute atomic E-state index is 0.000810. The summed E-state index contributed by atoms with van der Waals surface area (Å²) in [6.45, 7) is -3.00. The van der Waals surface area contributed by atoms with E-state index in [0.29, 0.717) is 5.69 Å².